The molecule has 0 aromatic heterocycles. The Hall–Kier alpha value is -1.07. The molecule has 1 aromatic rings. The van der Waals surface area contributed by atoms with Crippen molar-refractivity contribution < 1.29 is 15.0 Å². The van der Waals surface area contributed by atoms with Gasteiger partial charge in [0.2, 0.25) is 0 Å². The van der Waals surface area contributed by atoms with Gasteiger partial charge < -0.3 is 15.5 Å². The highest BCUT2D eigenvalue weighted by atomic mass is 79.9. The quantitative estimate of drug-likeness (QED) is 0.802. The maximum absolute atomic E-state index is 11.2. The second kappa shape index (κ2) is 4.55. The lowest BCUT2D eigenvalue weighted by Gasteiger charge is -2.50. The Bertz CT molecular complexity index is 487. The average Bonchev–Trinajstić information content (AvgIpc) is 2.28. The molecule has 0 spiro atoms. The summed E-state index contributed by atoms with van der Waals surface area (Å²) in [5.74, 6) is -0.970. The molecule has 0 bridgehead atoms. The zero-order valence-electron chi connectivity index (χ0n) is 10.3. The Balaban J connectivity index is 2.26. The van der Waals surface area contributed by atoms with E-state index < -0.39 is 5.97 Å². The lowest BCUT2D eigenvalue weighted by molar-refractivity contribution is -0.0510. The van der Waals surface area contributed by atoms with Crippen LogP contribution in [0, 0.1) is 5.41 Å². The minimum Gasteiger partial charge on any atom is -0.478 e. The number of rotatable bonds is 3. The molecule has 5 heteroatoms. The maximum atomic E-state index is 11.2. The van der Waals surface area contributed by atoms with Crippen LogP contribution in [0.25, 0.3) is 0 Å². The van der Waals surface area contributed by atoms with Gasteiger partial charge in [0.15, 0.2) is 0 Å². The van der Waals surface area contributed by atoms with Crippen molar-refractivity contribution in [3.8, 4) is 0 Å². The van der Waals surface area contributed by atoms with Gasteiger partial charge in [-0.25, -0.2) is 4.79 Å². The third-order valence-corrected chi connectivity index (χ3v) is 4.43. The van der Waals surface area contributed by atoms with E-state index in [1.165, 1.54) is 0 Å². The van der Waals surface area contributed by atoms with Crippen LogP contribution in [-0.4, -0.2) is 28.3 Å². The maximum Gasteiger partial charge on any atom is 0.338 e. The van der Waals surface area contributed by atoms with E-state index in [4.69, 9.17) is 0 Å². The van der Waals surface area contributed by atoms with E-state index in [1.807, 2.05) is 13.8 Å². The van der Waals surface area contributed by atoms with Crippen molar-refractivity contribution >= 4 is 27.6 Å². The lowest BCUT2D eigenvalue weighted by Crippen LogP contribution is -2.57. The van der Waals surface area contributed by atoms with E-state index in [9.17, 15) is 15.0 Å². The minimum absolute atomic E-state index is 0.0832. The van der Waals surface area contributed by atoms with Gasteiger partial charge in [-0.05, 0) is 34.5 Å². The molecule has 3 N–H and O–H groups in total. The van der Waals surface area contributed by atoms with Crippen LogP contribution < -0.4 is 5.32 Å². The van der Waals surface area contributed by atoms with Crippen molar-refractivity contribution in [1.82, 2.24) is 0 Å². The summed E-state index contributed by atoms with van der Waals surface area (Å²) in [6, 6.07) is 5.32. The molecule has 2 unspecified atom stereocenters. The number of benzene rings is 1. The summed E-state index contributed by atoms with van der Waals surface area (Å²) in [6.07, 6.45) is 0.300. The molecule has 98 valence electrons. The molecular weight excluding hydrogens is 298 g/mol. The topological polar surface area (TPSA) is 69.6 Å². The van der Waals surface area contributed by atoms with Gasteiger partial charge in [0.25, 0.3) is 0 Å². The lowest BCUT2D eigenvalue weighted by atomic mass is 9.64. The van der Waals surface area contributed by atoms with Gasteiger partial charge in [-0.3, -0.25) is 0 Å². The number of aliphatic hydroxyl groups excluding tert-OH is 1. The van der Waals surface area contributed by atoms with Crippen molar-refractivity contribution in [1.29, 1.82) is 0 Å². The van der Waals surface area contributed by atoms with E-state index in [2.05, 4.69) is 21.2 Å². The minimum atomic E-state index is -0.970. The van der Waals surface area contributed by atoms with Gasteiger partial charge >= 0.3 is 5.97 Å². The first-order valence-corrected chi connectivity index (χ1v) is 6.59. The third kappa shape index (κ3) is 2.12. The molecule has 2 rings (SSSR count). The number of hydrogen-bond acceptors (Lipinski definition) is 3. The number of carboxylic acid groups (broad SMARTS) is 1. The van der Waals surface area contributed by atoms with Crippen molar-refractivity contribution in [2.24, 2.45) is 5.41 Å². The highest BCUT2D eigenvalue weighted by molar-refractivity contribution is 9.10. The van der Waals surface area contributed by atoms with Crippen LogP contribution in [-0.2, 0) is 0 Å². The first-order valence-electron chi connectivity index (χ1n) is 5.80. The van der Waals surface area contributed by atoms with Crippen molar-refractivity contribution in [2.45, 2.75) is 32.4 Å². The molecule has 0 aliphatic heterocycles. The monoisotopic (exact) mass is 313 g/mol. The molecule has 1 aromatic carbocycles. The number of aliphatic hydroxyl groups is 1. The van der Waals surface area contributed by atoms with Gasteiger partial charge in [0.05, 0.1) is 17.4 Å². The molecule has 4 nitrogen and oxygen atoms in total. The van der Waals surface area contributed by atoms with Gasteiger partial charge in [-0.15, -0.1) is 0 Å². The third-order valence-electron chi connectivity index (χ3n) is 3.77. The van der Waals surface area contributed by atoms with Crippen molar-refractivity contribution in [3.63, 3.8) is 0 Å². The number of halogens is 1. The van der Waals surface area contributed by atoms with Crippen LogP contribution >= 0.6 is 15.9 Å². The summed E-state index contributed by atoms with van der Waals surface area (Å²) < 4.78 is 0.553. The van der Waals surface area contributed by atoms with E-state index in [0.717, 1.165) is 0 Å². The molecule has 0 heterocycles. The summed E-state index contributed by atoms with van der Waals surface area (Å²) in [5.41, 5.74) is 0.578. The van der Waals surface area contributed by atoms with Crippen LogP contribution in [0.5, 0.6) is 0 Å². The van der Waals surface area contributed by atoms with E-state index in [1.54, 1.807) is 18.2 Å². The smallest absolute Gasteiger partial charge is 0.338 e. The fourth-order valence-electron chi connectivity index (χ4n) is 2.20. The molecule has 0 amide bonds. The summed E-state index contributed by atoms with van der Waals surface area (Å²) in [5, 5.41) is 22.1. The number of carbonyl (C=O) groups is 1. The molecule has 2 atom stereocenters. The summed E-state index contributed by atoms with van der Waals surface area (Å²) in [7, 11) is 0. The first kappa shape index (κ1) is 13.4. The Labute approximate surface area is 114 Å². The van der Waals surface area contributed by atoms with Gasteiger partial charge in [-0.2, -0.15) is 0 Å². The van der Waals surface area contributed by atoms with Crippen LogP contribution in [0.1, 0.15) is 30.6 Å². The van der Waals surface area contributed by atoms with E-state index in [-0.39, 0.29) is 23.1 Å². The summed E-state index contributed by atoms with van der Waals surface area (Å²) >= 11 is 3.25. The first-order chi connectivity index (χ1) is 8.34. The van der Waals surface area contributed by atoms with Crippen molar-refractivity contribution in [3.05, 3.63) is 28.2 Å². The van der Waals surface area contributed by atoms with Crippen LogP contribution in [0.3, 0.4) is 0 Å². The summed E-state index contributed by atoms with van der Waals surface area (Å²) in [6.45, 7) is 3.94. The normalized spacial score (nSPS) is 25.3. The van der Waals surface area contributed by atoms with Gasteiger partial charge in [0.1, 0.15) is 0 Å². The number of aromatic carboxylic acids is 1. The van der Waals surface area contributed by atoms with Crippen LogP contribution in [0.2, 0.25) is 0 Å². The number of anilines is 1. The van der Waals surface area contributed by atoms with Gasteiger partial charge in [0, 0.05) is 15.9 Å². The molecule has 1 fully saturated rings. The fraction of sp³-hybridized carbons (Fsp3) is 0.462. The number of nitrogens with one attached hydrogen (secondary N) is 1. The number of hydrogen-bond donors (Lipinski definition) is 3. The fourth-order valence-corrected chi connectivity index (χ4v) is 2.73. The Morgan fingerprint density at radius 3 is 2.67 bits per heavy atom. The largest absolute Gasteiger partial charge is 0.478 e. The molecular formula is C13H16BrNO3. The Kier molecular flexibility index (Phi) is 3.38. The predicted octanol–water partition coefficient (Wildman–Crippen LogP) is 2.72. The second-order valence-electron chi connectivity index (χ2n) is 5.24. The van der Waals surface area contributed by atoms with Crippen LogP contribution in [0.15, 0.2) is 22.7 Å². The van der Waals surface area contributed by atoms with E-state index in [0.29, 0.717) is 16.6 Å². The Morgan fingerprint density at radius 2 is 2.17 bits per heavy atom. The standard InChI is InChI=1S/C13H16BrNO3/c1-13(2)9(6-10(13)16)15-8-5-3-4-7(14)11(8)12(17)18/h3-5,9-10,15-16H,6H2,1-2H3,(H,17,18). The molecule has 0 radical (unpaired) electrons. The van der Waals surface area contributed by atoms with Crippen molar-refractivity contribution in [2.75, 3.05) is 5.32 Å². The molecule has 0 saturated heterocycles. The molecule has 1 aliphatic rings. The number of carboxylic acids is 1. The average molecular weight is 314 g/mol. The SMILES string of the molecule is CC1(C)C(O)CC1Nc1cccc(Br)c1C(=O)O. The highest BCUT2D eigenvalue weighted by Crippen LogP contribution is 2.42. The predicted molar refractivity (Wildman–Crippen MR) is 72.9 cm³/mol. The zero-order valence-corrected chi connectivity index (χ0v) is 11.9. The zero-order chi connectivity index (χ0) is 13.5. The molecule has 1 saturated carbocycles. The molecule has 1 aliphatic carbocycles. The Morgan fingerprint density at radius 1 is 1.50 bits per heavy atom. The summed E-state index contributed by atoms with van der Waals surface area (Å²) in [4.78, 5) is 11.2. The van der Waals surface area contributed by atoms with Crippen LogP contribution in [0.4, 0.5) is 5.69 Å². The van der Waals surface area contributed by atoms with Gasteiger partial charge in [-0.1, -0.05) is 19.9 Å². The highest BCUT2D eigenvalue weighted by Gasteiger charge is 2.47. The molecule has 18 heavy (non-hydrogen) atoms. The second-order valence-corrected chi connectivity index (χ2v) is 6.09. The van der Waals surface area contributed by atoms with E-state index >= 15 is 0 Å².